The fourth-order valence-corrected chi connectivity index (χ4v) is 1.90. The molecule has 26 heavy (non-hydrogen) atoms. The minimum atomic E-state index is -1.23. The summed E-state index contributed by atoms with van der Waals surface area (Å²) in [6.45, 7) is 1.06. The Hall–Kier alpha value is -2.77. The molecule has 0 bridgehead atoms. The van der Waals surface area contributed by atoms with Gasteiger partial charge >= 0.3 is 12.0 Å². The second-order valence-electron chi connectivity index (χ2n) is 5.40. The smallest absolute Gasteiger partial charge is 0.541 e. The average molecular weight is 375 g/mol. The van der Waals surface area contributed by atoms with E-state index in [9.17, 15) is 14.4 Å². The highest BCUT2D eigenvalue weighted by Crippen LogP contribution is 2.16. The molecule has 0 saturated heterocycles. The number of carbonyl (C=O) groups excluding carboxylic acids is 3. The van der Waals surface area contributed by atoms with Crippen LogP contribution in [0, 0.1) is 0 Å². The molecule has 0 aliphatic carbocycles. The number of hydrogen-bond donors (Lipinski definition) is 5. The van der Waals surface area contributed by atoms with Gasteiger partial charge < -0.3 is 41.6 Å². The number of carbonyl (C=O) groups is 3. The quantitative estimate of drug-likeness (QED) is 0.261. The third-order valence-corrected chi connectivity index (χ3v) is 3.40. The van der Waals surface area contributed by atoms with Crippen molar-refractivity contribution in [1.29, 1.82) is 0 Å². The Bertz CT molecular complexity index is 636. The lowest BCUT2D eigenvalue weighted by atomic mass is 10.2. The molecular formula is C13H23N6O7+. The normalized spacial score (nSPS) is 15.5. The Morgan fingerprint density at radius 3 is 2.54 bits per heavy atom. The number of urea groups is 1. The van der Waals surface area contributed by atoms with E-state index in [2.05, 4.69) is 20.8 Å². The van der Waals surface area contributed by atoms with Crippen molar-refractivity contribution in [3.8, 4) is 0 Å². The number of rotatable bonds is 10. The molecule has 0 aliphatic rings. The Morgan fingerprint density at radius 2 is 2.04 bits per heavy atom. The van der Waals surface area contributed by atoms with Crippen LogP contribution in [0.4, 0.5) is 4.79 Å². The van der Waals surface area contributed by atoms with Crippen LogP contribution in [0.25, 0.3) is 0 Å². The number of aliphatic hydroxyl groups is 1. The van der Waals surface area contributed by atoms with Gasteiger partial charge in [0, 0.05) is 11.9 Å². The van der Waals surface area contributed by atoms with Crippen molar-refractivity contribution in [2.45, 2.75) is 37.6 Å². The zero-order valence-corrected chi connectivity index (χ0v) is 14.3. The number of aliphatic hydroxyl groups excluding tert-OH is 1. The Labute approximate surface area is 148 Å². The summed E-state index contributed by atoms with van der Waals surface area (Å²) in [4.78, 5) is 38.6. The number of ether oxygens (including phenoxy) is 1. The second-order valence-corrected chi connectivity index (χ2v) is 5.40. The molecule has 3 amide bonds. The first-order valence-corrected chi connectivity index (χ1v) is 7.53. The average Bonchev–Trinajstić information content (AvgIpc) is 3.07. The molecule has 1 aromatic rings. The van der Waals surface area contributed by atoms with Crippen LogP contribution in [-0.4, -0.2) is 64.1 Å². The van der Waals surface area contributed by atoms with Crippen LogP contribution in [0.3, 0.4) is 0 Å². The van der Waals surface area contributed by atoms with E-state index in [-0.39, 0.29) is 18.1 Å². The van der Waals surface area contributed by atoms with E-state index >= 15 is 0 Å². The Morgan fingerprint density at radius 1 is 1.38 bits per heavy atom. The molecule has 0 fully saturated rings. The number of hydrogen-bond acceptors (Lipinski definition) is 9. The van der Waals surface area contributed by atoms with Crippen molar-refractivity contribution >= 4 is 17.9 Å². The first-order chi connectivity index (χ1) is 12.2. The molecule has 0 saturated carbocycles. The summed E-state index contributed by atoms with van der Waals surface area (Å²) in [7, 11) is 1.32. The van der Waals surface area contributed by atoms with Crippen LogP contribution in [0.15, 0.2) is 4.52 Å². The van der Waals surface area contributed by atoms with Gasteiger partial charge in [-0.3, -0.25) is 4.79 Å². The summed E-state index contributed by atoms with van der Waals surface area (Å²) in [6.07, 6.45) is -1.12. The highest BCUT2D eigenvalue weighted by Gasteiger charge is 2.34. The van der Waals surface area contributed by atoms with Gasteiger partial charge in [0.2, 0.25) is 17.8 Å². The van der Waals surface area contributed by atoms with Crippen LogP contribution in [-0.2, 0) is 14.3 Å². The van der Waals surface area contributed by atoms with Crippen LogP contribution in [0.5, 0.6) is 0 Å². The van der Waals surface area contributed by atoms with Gasteiger partial charge in [-0.25, -0.2) is 4.79 Å². The molecular weight excluding hydrogens is 352 g/mol. The topological polar surface area (TPSA) is 219 Å². The van der Waals surface area contributed by atoms with E-state index in [1.54, 1.807) is 0 Å². The fourth-order valence-electron chi connectivity index (χ4n) is 1.90. The maximum atomic E-state index is 12.1. The van der Waals surface area contributed by atoms with Crippen molar-refractivity contribution in [1.82, 2.24) is 20.8 Å². The van der Waals surface area contributed by atoms with Gasteiger partial charge in [-0.2, -0.15) is 4.98 Å². The molecule has 0 aromatic carbocycles. The molecule has 1 rings (SSSR count). The summed E-state index contributed by atoms with van der Waals surface area (Å²) < 4.78 is 9.88. The number of amides is 3. The predicted octanol–water partition coefficient (Wildman–Crippen LogP) is -3.07. The minimum absolute atomic E-state index is 0.0219. The number of aromatic nitrogens is 2. The van der Waals surface area contributed by atoms with Gasteiger partial charge in [0.1, 0.15) is 6.04 Å². The number of nitrogens with one attached hydrogen (secondary N) is 2. The molecule has 0 aliphatic heterocycles. The van der Waals surface area contributed by atoms with Gasteiger partial charge in [0.25, 0.3) is 0 Å². The van der Waals surface area contributed by atoms with E-state index in [1.165, 1.54) is 14.0 Å². The van der Waals surface area contributed by atoms with E-state index in [1.807, 2.05) is 0 Å². The summed E-state index contributed by atoms with van der Waals surface area (Å²) >= 11 is 0. The zero-order chi connectivity index (χ0) is 19.9. The zero-order valence-electron chi connectivity index (χ0n) is 14.3. The summed E-state index contributed by atoms with van der Waals surface area (Å²) in [5.74, 6) is -2.01. The van der Waals surface area contributed by atoms with Crippen LogP contribution < -0.4 is 22.1 Å². The van der Waals surface area contributed by atoms with Gasteiger partial charge in [0.05, 0.1) is 25.2 Å². The Balaban J connectivity index is 2.90. The van der Waals surface area contributed by atoms with Crippen molar-refractivity contribution < 1.29 is 33.9 Å². The third-order valence-electron chi connectivity index (χ3n) is 3.40. The highest BCUT2D eigenvalue weighted by molar-refractivity contribution is 5.83. The second kappa shape index (κ2) is 9.65. The van der Waals surface area contributed by atoms with E-state index in [0.29, 0.717) is 0 Å². The van der Waals surface area contributed by atoms with E-state index in [4.69, 9.17) is 30.9 Å². The van der Waals surface area contributed by atoms with Gasteiger partial charge in [-0.1, -0.05) is 5.16 Å². The molecule has 13 heteroatoms. The van der Waals surface area contributed by atoms with Crippen molar-refractivity contribution in [3.63, 3.8) is 0 Å². The molecule has 1 heterocycles. The van der Waals surface area contributed by atoms with Crippen molar-refractivity contribution in [2.24, 2.45) is 11.5 Å². The molecule has 4 atom stereocenters. The number of primary amides is 1. The van der Waals surface area contributed by atoms with Crippen molar-refractivity contribution in [3.05, 3.63) is 11.7 Å². The largest absolute Gasteiger partial charge is 0.563 e. The summed E-state index contributed by atoms with van der Waals surface area (Å²) in [6, 6.07) is -4.10. The maximum Gasteiger partial charge on any atom is 0.541 e. The fraction of sp³-hybridized carbons (Fsp3) is 0.615. The Kier molecular flexibility index (Phi) is 7.89. The first-order valence-electron chi connectivity index (χ1n) is 7.53. The standard InChI is InChI=1S/C13H22N6O7/c1-5(25-2)9(12(22)23)17-13(24)16-7(3-8(15)21)11-18-10(19-26-11)6(14)4-20/h5-7,9,20H,3-4,14H2,1-2H3,(H2,15,21)(H,22,23)(H2,16,17,24)/p+1/t5?,6-,7-,9-/m0/s1. The minimum Gasteiger partial charge on any atom is -0.563 e. The lowest BCUT2D eigenvalue weighted by Gasteiger charge is -2.19. The van der Waals surface area contributed by atoms with E-state index in [0.717, 1.165) is 0 Å². The van der Waals surface area contributed by atoms with Gasteiger partial charge in [-0.15, -0.1) is 0 Å². The summed E-state index contributed by atoms with van der Waals surface area (Å²) in [5, 5.41) is 24.3. The van der Waals surface area contributed by atoms with Crippen LogP contribution in [0.2, 0.25) is 0 Å². The first kappa shape index (κ1) is 21.3. The SMILES string of the molecule is COC(C)[C@H](NC(=O)N[C@@H](CC(N)=O)c1nc([C@@H](N)CO)no1)C(=O)[OH2+]. The maximum absolute atomic E-state index is 12.1. The molecule has 0 radical (unpaired) electrons. The molecule has 13 nitrogen and oxygen atoms in total. The van der Waals surface area contributed by atoms with Gasteiger partial charge in [0.15, 0.2) is 5.82 Å². The van der Waals surface area contributed by atoms with E-state index < -0.39 is 48.7 Å². The molecule has 1 aromatic heterocycles. The van der Waals surface area contributed by atoms with Crippen LogP contribution >= 0.6 is 0 Å². The monoisotopic (exact) mass is 375 g/mol. The van der Waals surface area contributed by atoms with Crippen LogP contribution in [0.1, 0.15) is 37.1 Å². The molecule has 0 spiro atoms. The predicted molar refractivity (Wildman–Crippen MR) is 85.4 cm³/mol. The summed E-state index contributed by atoms with van der Waals surface area (Å²) in [5.41, 5.74) is 10.7. The third kappa shape index (κ3) is 5.94. The van der Waals surface area contributed by atoms with Gasteiger partial charge in [-0.05, 0) is 6.92 Å². The van der Waals surface area contributed by atoms with Crippen molar-refractivity contribution in [2.75, 3.05) is 13.7 Å². The number of nitrogens with two attached hydrogens (primary N) is 2. The molecule has 9 N–H and O–H groups in total. The number of methoxy groups -OCH3 is 1. The lowest BCUT2D eigenvalue weighted by Crippen LogP contribution is -2.52. The molecule has 146 valence electrons. The number of nitrogens with zero attached hydrogens (tertiary/aromatic N) is 2. The molecule has 1 unspecified atom stereocenters. The lowest BCUT2D eigenvalue weighted by molar-refractivity contribution is -0.142. The highest BCUT2D eigenvalue weighted by atomic mass is 16.5.